The zero-order valence-electron chi connectivity index (χ0n) is 10.1. The van der Waals surface area contributed by atoms with Crippen LogP contribution < -0.4 is 4.90 Å². The van der Waals surface area contributed by atoms with Crippen LogP contribution in [0.5, 0.6) is 0 Å². The summed E-state index contributed by atoms with van der Waals surface area (Å²) in [5, 5.41) is 9.06. The molecule has 0 atom stereocenters. The number of anilines is 1. The van der Waals surface area contributed by atoms with Crippen molar-refractivity contribution in [2.75, 3.05) is 11.4 Å². The first-order chi connectivity index (χ1) is 7.76. The summed E-state index contributed by atoms with van der Waals surface area (Å²) in [6, 6.07) is 2.74. The number of aliphatic hydroxyl groups is 1. The average Bonchev–Trinajstić information content (AvgIpc) is 3.10. The molecule has 1 heterocycles. The number of rotatable bonds is 5. The maximum Gasteiger partial charge on any atom is 0.131 e. The summed E-state index contributed by atoms with van der Waals surface area (Å²) in [4.78, 5) is 6.91. The Kier molecular flexibility index (Phi) is 3.44. The van der Waals surface area contributed by atoms with Gasteiger partial charge in [-0.15, -0.1) is 0 Å². The van der Waals surface area contributed by atoms with Crippen LogP contribution in [0.4, 0.5) is 5.82 Å². The predicted octanol–water partition coefficient (Wildman–Crippen LogP) is 2.26. The van der Waals surface area contributed by atoms with Crippen LogP contribution in [0.15, 0.2) is 12.3 Å². The third-order valence-electron chi connectivity index (χ3n) is 3.01. The molecule has 0 bridgehead atoms. The molecule has 1 fully saturated rings. The summed E-state index contributed by atoms with van der Waals surface area (Å²) in [6.45, 7) is 5.43. The topological polar surface area (TPSA) is 36.4 Å². The van der Waals surface area contributed by atoms with Gasteiger partial charge in [0.2, 0.25) is 0 Å². The average molecular weight is 220 g/mol. The fraction of sp³-hybridized carbons (Fsp3) is 0.615. The second kappa shape index (κ2) is 4.83. The SMILES string of the molecule is CCCN(c1ncc(CO)cc1C)C1CC1. The van der Waals surface area contributed by atoms with Crippen LogP contribution in [0.2, 0.25) is 0 Å². The van der Waals surface area contributed by atoms with Gasteiger partial charge in [-0.1, -0.05) is 6.92 Å². The van der Waals surface area contributed by atoms with Crippen molar-refractivity contribution in [2.45, 2.75) is 45.8 Å². The first-order valence-corrected chi connectivity index (χ1v) is 6.09. The van der Waals surface area contributed by atoms with Gasteiger partial charge < -0.3 is 10.0 Å². The lowest BCUT2D eigenvalue weighted by Crippen LogP contribution is -2.28. The van der Waals surface area contributed by atoms with E-state index in [0.29, 0.717) is 6.04 Å². The van der Waals surface area contributed by atoms with Crippen molar-refractivity contribution in [1.29, 1.82) is 0 Å². The molecule has 0 unspecified atom stereocenters. The minimum atomic E-state index is 0.0747. The Hall–Kier alpha value is -1.09. The van der Waals surface area contributed by atoms with Gasteiger partial charge in [0.05, 0.1) is 6.61 Å². The van der Waals surface area contributed by atoms with E-state index in [1.807, 2.05) is 6.07 Å². The van der Waals surface area contributed by atoms with Gasteiger partial charge in [-0.25, -0.2) is 4.98 Å². The van der Waals surface area contributed by atoms with Crippen molar-refractivity contribution < 1.29 is 5.11 Å². The second-order valence-corrected chi connectivity index (χ2v) is 4.57. The van der Waals surface area contributed by atoms with E-state index >= 15 is 0 Å². The molecular weight excluding hydrogens is 200 g/mol. The minimum absolute atomic E-state index is 0.0747. The third kappa shape index (κ3) is 2.35. The highest BCUT2D eigenvalue weighted by Gasteiger charge is 2.30. The number of pyridine rings is 1. The predicted molar refractivity (Wildman–Crippen MR) is 65.6 cm³/mol. The molecule has 1 N–H and O–H groups in total. The molecule has 2 rings (SSSR count). The van der Waals surface area contributed by atoms with Crippen LogP contribution in [-0.4, -0.2) is 22.7 Å². The van der Waals surface area contributed by atoms with Crippen LogP contribution >= 0.6 is 0 Å². The smallest absolute Gasteiger partial charge is 0.131 e. The molecule has 1 saturated carbocycles. The van der Waals surface area contributed by atoms with Crippen LogP contribution in [0, 0.1) is 6.92 Å². The van der Waals surface area contributed by atoms with Crippen LogP contribution in [0.25, 0.3) is 0 Å². The number of hydrogen-bond acceptors (Lipinski definition) is 3. The zero-order chi connectivity index (χ0) is 11.5. The van der Waals surface area contributed by atoms with Crippen LogP contribution in [0.1, 0.15) is 37.3 Å². The van der Waals surface area contributed by atoms with E-state index in [1.54, 1.807) is 6.20 Å². The standard InChI is InChI=1S/C13H20N2O/c1-3-6-15(12-4-5-12)13-10(2)7-11(9-16)8-14-13/h7-8,12,16H,3-6,9H2,1-2H3. The summed E-state index contributed by atoms with van der Waals surface area (Å²) in [7, 11) is 0. The first kappa shape index (κ1) is 11.4. The van der Waals surface area contributed by atoms with Gasteiger partial charge in [0.15, 0.2) is 0 Å². The van der Waals surface area contributed by atoms with Gasteiger partial charge in [0, 0.05) is 18.8 Å². The molecule has 3 nitrogen and oxygen atoms in total. The molecule has 16 heavy (non-hydrogen) atoms. The Morgan fingerprint density at radius 3 is 2.75 bits per heavy atom. The molecule has 0 radical (unpaired) electrons. The Morgan fingerprint density at radius 2 is 2.25 bits per heavy atom. The van der Waals surface area contributed by atoms with Crippen molar-refractivity contribution in [3.63, 3.8) is 0 Å². The number of aryl methyl sites for hydroxylation is 1. The maximum atomic E-state index is 9.06. The van der Waals surface area contributed by atoms with Crippen molar-refractivity contribution in [2.24, 2.45) is 0 Å². The van der Waals surface area contributed by atoms with Gasteiger partial charge >= 0.3 is 0 Å². The van der Waals surface area contributed by atoms with E-state index in [-0.39, 0.29) is 6.61 Å². The zero-order valence-corrected chi connectivity index (χ0v) is 10.1. The third-order valence-corrected chi connectivity index (χ3v) is 3.01. The molecule has 0 spiro atoms. The maximum absolute atomic E-state index is 9.06. The first-order valence-electron chi connectivity index (χ1n) is 6.09. The number of hydrogen-bond donors (Lipinski definition) is 1. The number of nitrogens with zero attached hydrogens (tertiary/aromatic N) is 2. The van der Waals surface area contributed by atoms with E-state index < -0.39 is 0 Å². The molecule has 0 aromatic carbocycles. The van der Waals surface area contributed by atoms with Gasteiger partial charge in [0.25, 0.3) is 0 Å². The van der Waals surface area contributed by atoms with Crippen molar-refractivity contribution >= 4 is 5.82 Å². The molecule has 1 aliphatic rings. The quantitative estimate of drug-likeness (QED) is 0.827. The highest BCUT2D eigenvalue weighted by atomic mass is 16.3. The second-order valence-electron chi connectivity index (χ2n) is 4.57. The molecule has 3 heteroatoms. The van der Waals surface area contributed by atoms with Crippen LogP contribution in [-0.2, 0) is 6.61 Å². The van der Waals surface area contributed by atoms with Gasteiger partial charge in [-0.3, -0.25) is 0 Å². The molecule has 0 aliphatic heterocycles. The Bertz CT molecular complexity index is 361. The van der Waals surface area contributed by atoms with Gasteiger partial charge in [0.1, 0.15) is 5.82 Å². The van der Waals surface area contributed by atoms with E-state index in [4.69, 9.17) is 5.11 Å². The number of aromatic nitrogens is 1. The normalized spacial score (nSPS) is 15.2. The number of aliphatic hydroxyl groups excluding tert-OH is 1. The van der Waals surface area contributed by atoms with Crippen molar-refractivity contribution in [1.82, 2.24) is 4.98 Å². The van der Waals surface area contributed by atoms with Crippen LogP contribution in [0.3, 0.4) is 0 Å². The van der Waals surface area contributed by atoms with Crippen molar-refractivity contribution in [3.8, 4) is 0 Å². The lowest BCUT2D eigenvalue weighted by molar-refractivity contribution is 0.281. The molecule has 1 aromatic heterocycles. The Balaban J connectivity index is 2.22. The lowest BCUT2D eigenvalue weighted by atomic mass is 10.2. The summed E-state index contributed by atoms with van der Waals surface area (Å²) in [5.41, 5.74) is 2.07. The van der Waals surface area contributed by atoms with E-state index in [2.05, 4.69) is 23.7 Å². The lowest BCUT2D eigenvalue weighted by Gasteiger charge is -2.24. The fourth-order valence-electron chi connectivity index (χ4n) is 2.10. The van der Waals surface area contributed by atoms with E-state index in [0.717, 1.165) is 24.3 Å². The molecule has 88 valence electrons. The summed E-state index contributed by atoms with van der Waals surface area (Å²) < 4.78 is 0. The Morgan fingerprint density at radius 1 is 1.50 bits per heavy atom. The highest BCUT2D eigenvalue weighted by molar-refractivity contribution is 5.49. The monoisotopic (exact) mass is 220 g/mol. The molecule has 1 aliphatic carbocycles. The summed E-state index contributed by atoms with van der Waals surface area (Å²) in [5.74, 6) is 1.10. The summed E-state index contributed by atoms with van der Waals surface area (Å²) in [6.07, 6.45) is 5.53. The van der Waals surface area contributed by atoms with E-state index in [9.17, 15) is 0 Å². The van der Waals surface area contributed by atoms with Gasteiger partial charge in [-0.2, -0.15) is 0 Å². The molecular formula is C13H20N2O. The fourth-order valence-corrected chi connectivity index (χ4v) is 2.10. The molecule has 0 amide bonds. The largest absolute Gasteiger partial charge is 0.392 e. The van der Waals surface area contributed by atoms with Gasteiger partial charge in [-0.05, 0) is 43.4 Å². The molecule has 0 saturated heterocycles. The summed E-state index contributed by atoms with van der Waals surface area (Å²) >= 11 is 0. The van der Waals surface area contributed by atoms with Crippen molar-refractivity contribution in [3.05, 3.63) is 23.4 Å². The van der Waals surface area contributed by atoms with E-state index in [1.165, 1.54) is 18.4 Å². The molecule has 1 aromatic rings. The highest BCUT2D eigenvalue weighted by Crippen LogP contribution is 2.32. The Labute approximate surface area is 97.1 Å². The minimum Gasteiger partial charge on any atom is -0.392 e.